The molecule has 0 spiro atoms. The Morgan fingerprint density at radius 2 is 2.33 bits per heavy atom. The molecule has 0 aliphatic rings. The first-order chi connectivity index (χ1) is 4.16. The molecule has 1 unspecified atom stereocenters. The molecule has 0 aromatic heterocycles. The van der Waals surface area contributed by atoms with E-state index >= 15 is 0 Å². The summed E-state index contributed by atoms with van der Waals surface area (Å²) in [5.41, 5.74) is 0.0551. The zero-order chi connectivity index (χ0) is 7.28. The monoisotopic (exact) mass is 186 g/mol. The van der Waals surface area contributed by atoms with Crippen LogP contribution in [0, 0.1) is 0 Å². The third kappa shape index (κ3) is 6.26. The van der Waals surface area contributed by atoms with Crippen molar-refractivity contribution in [2.24, 2.45) is 0 Å². The van der Waals surface area contributed by atoms with Crippen LogP contribution in [0.5, 0.6) is 0 Å². The number of alkyl halides is 1. The molecule has 0 fully saturated rings. The Morgan fingerprint density at radius 3 is 2.67 bits per heavy atom. The van der Waals surface area contributed by atoms with Crippen molar-refractivity contribution in [3.8, 4) is 0 Å². The molecule has 0 radical (unpaired) electrons. The van der Waals surface area contributed by atoms with Gasteiger partial charge in [0, 0.05) is 0 Å². The van der Waals surface area contributed by atoms with Gasteiger partial charge >= 0.3 is 0 Å². The first-order valence-corrected chi connectivity index (χ1v) is 4.61. The van der Waals surface area contributed by atoms with Crippen molar-refractivity contribution in [1.82, 2.24) is 0 Å². The van der Waals surface area contributed by atoms with E-state index in [0.717, 1.165) is 0 Å². The summed E-state index contributed by atoms with van der Waals surface area (Å²) < 4.78 is 0. The van der Waals surface area contributed by atoms with Crippen LogP contribution in [0.15, 0.2) is 0 Å². The first kappa shape index (κ1) is 9.38. The van der Waals surface area contributed by atoms with Crippen LogP contribution in [0.2, 0.25) is 0 Å². The summed E-state index contributed by atoms with van der Waals surface area (Å²) in [5, 5.41) is -0.511. The Morgan fingerprint density at radius 1 is 1.78 bits per heavy atom. The lowest BCUT2D eigenvalue weighted by Crippen LogP contribution is -1.93. The Kier molecular flexibility index (Phi) is 5.41. The molecule has 5 heteroatoms. The van der Waals surface area contributed by atoms with Crippen molar-refractivity contribution in [2.45, 2.75) is 6.42 Å². The average Bonchev–Trinajstić information content (AvgIpc) is 1.83. The largest absolute Gasteiger partial charge is 0.630 e. The molecule has 0 N–H and O–H groups in total. The van der Waals surface area contributed by atoms with Gasteiger partial charge in [-0.25, -0.2) is 0 Å². The van der Waals surface area contributed by atoms with E-state index in [2.05, 4.69) is 0 Å². The molecule has 2 nitrogen and oxygen atoms in total. The van der Waals surface area contributed by atoms with E-state index < -0.39 is 13.0 Å². The summed E-state index contributed by atoms with van der Waals surface area (Å²) in [6, 6.07) is 0. The van der Waals surface area contributed by atoms with Crippen LogP contribution in [0.1, 0.15) is 6.42 Å². The summed E-state index contributed by atoms with van der Waals surface area (Å²) in [4.78, 5) is 20.5. The van der Waals surface area contributed by atoms with E-state index in [4.69, 9.17) is 23.2 Å². The van der Waals surface area contributed by atoms with Gasteiger partial charge in [-0.2, -0.15) is 0 Å². The van der Waals surface area contributed by atoms with Gasteiger partial charge in [0.1, 0.15) is 0 Å². The number of halogens is 2. The Balaban J connectivity index is 3.56. The second-order valence-corrected chi connectivity index (χ2v) is 3.86. The molecule has 0 heterocycles. The van der Waals surface area contributed by atoms with E-state index in [-0.39, 0.29) is 12.0 Å². The highest BCUT2D eigenvalue weighted by atomic mass is 35.5. The Bertz CT molecular complexity index is 135. The molecule has 0 saturated carbocycles. The first-order valence-electron chi connectivity index (χ1n) is 2.18. The number of carbonyl (C=O) groups excluding carboxylic acids is 1. The number of hydrogen-bond acceptors (Lipinski definition) is 2. The van der Waals surface area contributed by atoms with Gasteiger partial charge in [0.15, 0.2) is 5.62 Å². The smallest absolute Gasteiger partial charge is 0.229 e. The van der Waals surface area contributed by atoms with Crippen LogP contribution in [-0.4, -0.2) is 16.7 Å². The molecule has 0 saturated heterocycles. The summed E-state index contributed by atoms with van der Waals surface area (Å²) in [5.74, 6) is 1.32. The minimum Gasteiger partial charge on any atom is -0.630 e. The average molecular weight is 187 g/mol. The molecular weight excluding hydrogens is 182 g/mol. The predicted octanol–water partition coefficient (Wildman–Crippen LogP) is 0.898. The molecular formula is C4H5Cl2O2P. The maximum absolute atomic E-state index is 10.5. The lowest BCUT2D eigenvalue weighted by atomic mass is 10.6. The van der Waals surface area contributed by atoms with E-state index in [1.807, 2.05) is 0 Å². The van der Waals surface area contributed by atoms with Crippen molar-refractivity contribution in [3.05, 3.63) is 0 Å². The minimum atomic E-state index is -1.53. The maximum Gasteiger partial charge on any atom is 0.229 e. The number of carbonyl (C=O) groups is 1. The zero-order valence-electron chi connectivity index (χ0n) is 4.51. The highest BCUT2D eigenvalue weighted by Gasteiger charge is 1.95. The van der Waals surface area contributed by atoms with Gasteiger partial charge < -0.3 is 4.89 Å². The molecule has 0 amide bonds. The summed E-state index contributed by atoms with van der Waals surface area (Å²) in [6.07, 6.45) is 0.0312. The van der Waals surface area contributed by atoms with Crippen molar-refractivity contribution in [1.29, 1.82) is 0 Å². The lowest BCUT2D eigenvalue weighted by Gasteiger charge is -1.87. The fraction of sp³-hybridized carbons (Fsp3) is 0.500. The molecule has 0 aliphatic heterocycles. The van der Waals surface area contributed by atoms with Crippen molar-refractivity contribution < 1.29 is 9.69 Å². The number of hydrogen-bond donors (Lipinski definition) is 0. The molecule has 9 heavy (non-hydrogen) atoms. The second-order valence-electron chi connectivity index (χ2n) is 1.28. The maximum atomic E-state index is 10.5. The van der Waals surface area contributed by atoms with Gasteiger partial charge in [0.25, 0.3) is 0 Å². The SMILES string of the molecule is O=C(Cl)C/C=[P+](\[O-])CCl. The predicted molar refractivity (Wildman–Crippen MR) is 39.2 cm³/mol. The normalized spacial score (nSPS) is 11.7. The molecule has 1 atom stereocenters. The van der Waals surface area contributed by atoms with Crippen LogP contribution in [0.4, 0.5) is 0 Å². The van der Waals surface area contributed by atoms with E-state index in [1.165, 1.54) is 5.80 Å². The van der Waals surface area contributed by atoms with Crippen LogP contribution < -0.4 is 4.89 Å². The molecule has 0 rings (SSSR count). The van der Waals surface area contributed by atoms with Gasteiger partial charge in [-0.1, -0.05) is 11.6 Å². The van der Waals surface area contributed by atoms with Crippen LogP contribution in [-0.2, 0) is 4.79 Å². The van der Waals surface area contributed by atoms with Crippen molar-refractivity contribution in [2.75, 3.05) is 5.62 Å². The van der Waals surface area contributed by atoms with E-state index in [1.54, 1.807) is 0 Å². The second kappa shape index (κ2) is 5.19. The minimum absolute atomic E-state index is 0.0312. The molecule has 0 aromatic rings. The number of rotatable bonds is 3. The fourth-order valence-corrected chi connectivity index (χ4v) is 1.17. The topological polar surface area (TPSA) is 40.1 Å². The third-order valence-electron chi connectivity index (χ3n) is 0.573. The van der Waals surface area contributed by atoms with Gasteiger partial charge in [-0.05, 0) is 11.6 Å². The van der Waals surface area contributed by atoms with Crippen LogP contribution in [0.25, 0.3) is 0 Å². The van der Waals surface area contributed by atoms with Crippen LogP contribution in [0.3, 0.4) is 0 Å². The van der Waals surface area contributed by atoms with Gasteiger partial charge in [-0.3, -0.25) is 4.79 Å². The molecule has 0 bridgehead atoms. The van der Waals surface area contributed by atoms with Crippen LogP contribution >= 0.6 is 31.0 Å². The lowest BCUT2D eigenvalue weighted by molar-refractivity contribution is -0.151. The van der Waals surface area contributed by atoms with E-state index in [0.29, 0.717) is 0 Å². The third-order valence-corrected chi connectivity index (χ3v) is 2.26. The Hall–Kier alpha value is 0.380. The van der Waals surface area contributed by atoms with Gasteiger partial charge in [0.05, 0.1) is 20.0 Å². The molecule has 52 valence electrons. The van der Waals surface area contributed by atoms with E-state index in [9.17, 15) is 9.69 Å². The zero-order valence-corrected chi connectivity index (χ0v) is 6.92. The molecule has 0 aliphatic carbocycles. The van der Waals surface area contributed by atoms with Crippen molar-refractivity contribution in [3.63, 3.8) is 0 Å². The highest BCUT2D eigenvalue weighted by Crippen LogP contribution is 2.11. The summed E-state index contributed by atoms with van der Waals surface area (Å²) in [6.45, 7) is 0. The summed E-state index contributed by atoms with van der Waals surface area (Å²) >= 11 is 10.1. The quantitative estimate of drug-likeness (QED) is 0.374. The highest BCUT2D eigenvalue weighted by molar-refractivity contribution is 7.51. The fourth-order valence-electron chi connectivity index (χ4n) is 0.222. The Labute approximate surface area is 64.2 Å². The van der Waals surface area contributed by atoms with Gasteiger partial charge in [-0.15, -0.1) is 0 Å². The summed E-state index contributed by atoms with van der Waals surface area (Å²) in [7, 11) is -1.53. The van der Waals surface area contributed by atoms with Crippen molar-refractivity contribution >= 4 is 42.0 Å². The standard InChI is InChI=1S/C4H5Cl2O2P/c5-3-9(8)2-1-4(6)7/h2H,1,3H2. The molecule has 0 aromatic carbocycles. The van der Waals surface area contributed by atoms with Gasteiger partial charge in [0.2, 0.25) is 5.24 Å².